The maximum Gasteiger partial charge on any atom is 0.251 e. The van der Waals surface area contributed by atoms with E-state index in [1.807, 2.05) is 36.4 Å². The third-order valence-corrected chi connectivity index (χ3v) is 10.9. The molecule has 1 aromatic heterocycles. The van der Waals surface area contributed by atoms with Gasteiger partial charge in [-0.15, -0.1) is 6.58 Å². The molecule has 0 bridgehead atoms. The average molecular weight is 479 g/mol. The van der Waals surface area contributed by atoms with Gasteiger partial charge in [0.15, 0.2) is 7.26 Å². The molecule has 5 aromatic rings. The van der Waals surface area contributed by atoms with E-state index >= 15 is 0 Å². The number of benzene rings is 4. The fraction of sp³-hybridized carbons (Fsp3) is 0.0333. The Balaban J connectivity index is 1.88. The predicted octanol–water partition coefficient (Wildman–Crippen LogP) is 6.24. The molecular formula is C30H25NOPS+. The van der Waals surface area contributed by atoms with Crippen molar-refractivity contribution in [2.45, 2.75) is 5.09 Å². The molecule has 0 aliphatic carbocycles. The number of rotatable bonds is 8. The number of oxazole rings is 1. The summed E-state index contributed by atoms with van der Waals surface area (Å²) in [6, 6.07) is 42.4. The zero-order chi connectivity index (χ0) is 23.2. The average Bonchev–Trinajstić information content (AvgIpc) is 3.35. The van der Waals surface area contributed by atoms with Crippen LogP contribution < -0.4 is 21.3 Å². The van der Waals surface area contributed by atoms with E-state index in [1.54, 1.807) is 11.8 Å². The smallest absolute Gasteiger partial charge is 0.251 e. The van der Waals surface area contributed by atoms with Crippen molar-refractivity contribution in [1.82, 2.24) is 4.98 Å². The number of nitrogens with zero attached hydrogens (tertiary/aromatic N) is 1. The molecule has 1 heterocycles. The van der Waals surface area contributed by atoms with E-state index in [9.17, 15) is 0 Å². The largest absolute Gasteiger partial charge is 0.425 e. The van der Waals surface area contributed by atoms with Gasteiger partial charge in [-0.05, 0) is 48.5 Å². The van der Waals surface area contributed by atoms with Crippen LogP contribution in [0.1, 0.15) is 0 Å². The van der Waals surface area contributed by atoms with Crippen LogP contribution in [0.25, 0.3) is 11.5 Å². The van der Waals surface area contributed by atoms with Crippen LogP contribution in [0, 0.1) is 0 Å². The van der Waals surface area contributed by atoms with Gasteiger partial charge in [-0.25, -0.2) is 0 Å². The summed E-state index contributed by atoms with van der Waals surface area (Å²) < 4.78 is 6.51. The van der Waals surface area contributed by atoms with Crippen molar-refractivity contribution < 1.29 is 4.42 Å². The first-order valence-corrected chi connectivity index (χ1v) is 14.0. The second kappa shape index (κ2) is 10.3. The van der Waals surface area contributed by atoms with Crippen LogP contribution in [0.5, 0.6) is 0 Å². The maximum absolute atomic E-state index is 6.51. The van der Waals surface area contributed by atoms with E-state index in [0.29, 0.717) is 5.89 Å². The molecule has 0 saturated heterocycles. The number of hydrogen-bond acceptors (Lipinski definition) is 3. The van der Waals surface area contributed by atoms with Gasteiger partial charge in [-0.1, -0.05) is 90.6 Å². The molecule has 0 spiro atoms. The van der Waals surface area contributed by atoms with Crippen molar-refractivity contribution >= 4 is 40.4 Å². The fourth-order valence-corrected chi connectivity index (χ4v) is 9.44. The second-order valence-electron chi connectivity index (χ2n) is 7.77. The summed E-state index contributed by atoms with van der Waals surface area (Å²) in [4.78, 5) is 5.26. The van der Waals surface area contributed by atoms with Crippen LogP contribution in [0.15, 0.2) is 143 Å². The highest BCUT2D eigenvalue weighted by molar-refractivity contribution is 8.04. The van der Waals surface area contributed by atoms with E-state index in [4.69, 9.17) is 9.40 Å². The topological polar surface area (TPSA) is 26.0 Å². The molecule has 4 aromatic carbocycles. The molecule has 0 unspecified atom stereocenters. The lowest BCUT2D eigenvalue weighted by atomic mass is 10.2. The van der Waals surface area contributed by atoms with Crippen LogP contribution >= 0.6 is 19.0 Å². The fourth-order valence-electron chi connectivity index (χ4n) is 4.21. The Labute approximate surface area is 205 Å². The Morgan fingerprint density at radius 2 is 1.12 bits per heavy atom. The summed E-state index contributed by atoms with van der Waals surface area (Å²) in [6.45, 7) is 3.93. The monoisotopic (exact) mass is 478 g/mol. The predicted molar refractivity (Wildman–Crippen MR) is 148 cm³/mol. The molecule has 0 fully saturated rings. The number of thioether (sulfide) groups is 1. The Hall–Kier alpha value is -3.39. The molecule has 2 nitrogen and oxygen atoms in total. The molecule has 0 saturated carbocycles. The summed E-state index contributed by atoms with van der Waals surface area (Å²) in [5, 5.41) is 4.60. The van der Waals surface area contributed by atoms with E-state index < -0.39 is 7.26 Å². The van der Waals surface area contributed by atoms with Gasteiger partial charge < -0.3 is 4.42 Å². The van der Waals surface area contributed by atoms with E-state index in [-0.39, 0.29) is 0 Å². The van der Waals surface area contributed by atoms with Crippen molar-refractivity contribution in [3.05, 3.63) is 134 Å². The maximum atomic E-state index is 6.51. The molecule has 166 valence electrons. The highest BCUT2D eigenvalue weighted by Crippen LogP contribution is 2.56. The van der Waals surface area contributed by atoms with Crippen molar-refractivity contribution in [2.75, 3.05) is 5.75 Å². The molecular weight excluding hydrogens is 453 g/mol. The van der Waals surface area contributed by atoms with Crippen LogP contribution in [0.3, 0.4) is 0 Å². The molecule has 4 heteroatoms. The summed E-state index contributed by atoms with van der Waals surface area (Å²) in [5.41, 5.74) is 1.98. The Morgan fingerprint density at radius 3 is 1.56 bits per heavy atom. The molecule has 0 atom stereocenters. The summed E-state index contributed by atoms with van der Waals surface area (Å²) >= 11 is 1.65. The normalized spacial score (nSPS) is 11.3. The minimum atomic E-state index is -2.34. The van der Waals surface area contributed by atoms with Crippen LogP contribution in [-0.4, -0.2) is 10.7 Å². The Kier molecular flexibility index (Phi) is 6.76. The standard InChI is InChI=1S/C30H25NOPS/c1-2-23-34-30-29(31-28(32-30)24-15-7-3-8-16-24)33(25-17-9-4-10-18-25,26-19-11-5-12-20-26)27-21-13-6-14-22-27/h2-22H,1,23H2/q+1. The molecule has 0 amide bonds. The summed E-state index contributed by atoms with van der Waals surface area (Å²) in [5.74, 6) is 1.39. The first-order valence-electron chi connectivity index (χ1n) is 11.2. The van der Waals surface area contributed by atoms with Crippen molar-refractivity contribution in [2.24, 2.45) is 0 Å². The minimum Gasteiger partial charge on any atom is -0.425 e. The first kappa shape index (κ1) is 22.4. The molecule has 0 radical (unpaired) electrons. The van der Waals surface area contributed by atoms with E-state index in [1.165, 1.54) is 15.9 Å². The SMILES string of the molecule is C=CCSc1oc(-c2ccccc2)nc1[P+](c1ccccc1)(c1ccccc1)c1ccccc1. The van der Waals surface area contributed by atoms with Crippen molar-refractivity contribution in [1.29, 1.82) is 0 Å². The van der Waals surface area contributed by atoms with E-state index in [2.05, 4.69) is 97.6 Å². The molecule has 0 N–H and O–H groups in total. The zero-order valence-corrected chi connectivity index (χ0v) is 20.5. The lowest BCUT2D eigenvalue weighted by Gasteiger charge is -2.25. The second-order valence-corrected chi connectivity index (χ2v) is 12.1. The number of aromatic nitrogens is 1. The molecule has 34 heavy (non-hydrogen) atoms. The molecule has 0 aliphatic rings. The van der Waals surface area contributed by atoms with Gasteiger partial charge in [-0.2, -0.15) is 4.98 Å². The van der Waals surface area contributed by atoms with Gasteiger partial charge >= 0.3 is 0 Å². The Morgan fingerprint density at radius 1 is 0.676 bits per heavy atom. The minimum absolute atomic E-state index is 0.648. The molecule has 5 rings (SSSR count). The van der Waals surface area contributed by atoms with Crippen LogP contribution in [0.2, 0.25) is 0 Å². The third-order valence-electron chi connectivity index (χ3n) is 5.68. The van der Waals surface area contributed by atoms with Crippen molar-refractivity contribution in [3.63, 3.8) is 0 Å². The first-order chi connectivity index (χ1) is 16.8. The van der Waals surface area contributed by atoms with Gasteiger partial charge in [0.1, 0.15) is 15.9 Å². The van der Waals surface area contributed by atoms with Gasteiger partial charge in [0.2, 0.25) is 11.0 Å². The quantitative estimate of drug-likeness (QED) is 0.150. The summed E-state index contributed by atoms with van der Waals surface area (Å²) in [6.07, 6.45) is 1.91. The zero-order valence-electron chi connectivity index (χ0n) is 18.7. The van der Waals surface area contributed by atoms with Crippen molar-refractivity contribution in [3.8, 4) is 11.5 Å². The van der Waals surface area contributed by atoms with Gasteiger partial charge in [0.05, 0.1) is 0 Å². The highest BCUT2D eigenvalue weighted by Gasteiger charge is 2.52. The molecule has 0 aliphatic heterocycles. The van der Waals surface area contributed by atoms with E-state index in [0.717, 1.165) is 21.8 Å². The lowest BCUT2D eigenvalue weighted by molar-refractivity contribution is 0.487. The van der Waals surface area contributed by atoms with Crippen LogP contribution in [0.4, 0.5) is 0 Å². The number of hydrogen-bond donors (Lipinski definition) is 0. The summed E-state index contributed by atoms with van der Waals surface area (Å²) in [7, 11) is -2.34. The highest BCUT2D eigenvalue weighted by atomic mass is 32.2. The lowest BCUT2D eigenvalue weighted by Crippen LogP contribution is -2.40. The van der Waals surface area contributed by atoms with Gasteiger partial charge in [-0.3, -0.25) is 0 Å². The van der Waals surface area contributed by atoms with Gasteiger partial charge in [0.25, 0.3) is 5.44 Å². The Bertz CT molecular complexity index is 1260. The van der Waals surface area contributed by atoms with Crippen LogP contribution in [-0.2, 0) is 0 Å². The van der Waals surface area contributed by atoms with Gasteiger partial charge in [0, 0.05) is 11.3 Å². The third kappa shape index (κ3) is 4.14.